The fourth-order valence-corrected chi connectivity index (χ4v) is 2.99. The zero-order valence-electron chi connectivity index (χ0n) is 11.8. The van der Waals surface area contributed by atoms with E-state index in [1.807, 2.05) is 18.2 Å². The van der Waals surface area contributed by atoms with E-state index in [1.165, 1.54) is 5.56 Å². The fourth-order valence-electron chi connectivity index (χ4n) is 2.80. The van der Waals surface area contributed by atoms with Gasteiger partial charge in [-0.2, -0.15) is 0 Å². The van der Waals surface area contributed by atoms with Gasteiger partial charge in [0.25, 0.3) is 0 Å². The molecule has 0 aromatic heterocycles. The molecule has 1 N–H and O–H groups in total. The van der Waals surface area contributed by atoms with Crippen LogP contribution in [0.3, 0.4) is 0 Å². The average Bonchev–Trinajstić information content (AvgIpc) is 2.80. The van der Waals surface area contributed by atoms with E-state index in [0.29, 0.717) is 0 Å². The highest BCUT2D eigenvalue weighted by Gasteiger charge is 2.23. The minimum Gasteiger partial charge on any atom is -0.488 e. The third-order valence-electron chi connectivity index (χ3n) is 3.85. The molecule has 2 aliphatic rings. The smallest absolute Gasteiger partial charge is 0.123 e. The number of morpholine rings is 1. The largest absolute Gasteiger partial charge is 0.488 e. The molecule has 2 atom stereocenters. The molecule has 0 radical (unpaired) electrons. The van der Waals surface area contributed by atoms with Crippen LogP contribution >= 0.6 is 11.6 Å². The van der Waals surface area contributed by atoms with Crippen molar-refractivity contribution < 1.29 is 9.47 Å². The first-order valence-electron chi connectivity index (χ1n) is 7.16. The Kier molecular flexibility index (Phi) is 4.46. The fraction of sp³-hybridized carbons (Fsp3) is 0.600. The van der Waals surface area contributed by atoms with Gasteiger partial charge in [0.15, 0.2) is 0 Å². The lowest BCUT2D eigenvalue weighted by atomic mass is 10.1. The Balaban J connectivity index is 1.42. The summed E-state index contributed by atoms with van der Waals surface area (Å²) in [5.41, 5.74) is 1.21. The molecule has 2 aliphatic heterocycles. The highest BCUT2D eigenvalue weighted by atomic mass is 35.5. The summed E-state index contributed by atoms with van der Waals surface area (Å²) < 4.78 is 11.6. The van der Waals surface area contributed by atoms with Crippen molar-refractivity contribution in [1.82, 2.24) is 10.2 Å². The Labute approximate surface area is 125 Å². The van der Waals surface area contributed by atoms with Crippen LogP contribution in [0.25, 0.3) is 0 Å². The van der Waals surface area contributed by atoms with Crippen molar-refractivity contribution in [1.29, 1.82) is 0 Å². The van der Waals surface area contributed by atoms with Crippen molar-refractivity contribution >= 4 is 11.6 Å². The van der Waals surface area contributed by atoms with Crippen molar-refractivity contribution in [2.24, 2.45) is 0 Å². The van der Waals surface area contributed by atoms with Crippen LogP contribution < -0.4 is 10.1 Å². The molecule has 0 saturated carbocycles. The summed E-state index contributed by atoms with van der Waals surface area (Å²) in [5.74, 6) is 0.967. The number of nitrogens with zero attached hydrogens (tertiary/aromatic N) is 1. The van der Waals surface area contributed by atoms with Crippen LogP contribution in [-0.4, -0.2) is 56.9 Å². The summed E-state index contributed by atoms with van der Waals surface area (Å²) in [6, 6.07) is 5.83. The van der Waals surface area contributed by atoms with E-state index < -0.39 is 0 Å². The number of ether oxygens (including phenoxy) is 2. The van der Waals surface area contributed by atoms with E-state index in [0.717, 1.165) is 50.0 Å². The molecule has 1 fully saturated rings. The maximum absolute atomic E-state index is 6.00. The van der Waals surface area contributed by atoms with E-state index in [2.05, 4.69) is 17.3 Å². The van der Waals surface area contributed by atoms with E-state index in [1.54, 1.807) is 0 Å². The third kappa shape index (κ3) is 3.44. The lowest BCUT2D eigenvalue weighted by molar-refractivity contribution is -0.0187. The maximum Gasteiger partial charge on any atom is 0.123 e. The van der Waals surface area contributed by atoms with Crippen LogP contribution in [0.4, 0.5) is 0 Å². The van der Waals surface area contributed by atoms with Gasteiger partial charge in [0, 0.05) is 37.6 Å². The normalized spacial score (nSPS) is 26.3. The number of fused-ring (bicyclic) bond motifs is 1. The first kappa shape index (κ1) is 14.1. The molecule has 0 spiro atoms. The van der Waals surface area contributed by atoms with Gasteiger partial charge in [-0.25, -0.2) is 0 Å². The molecular formula is C15H21ClN2O2. The van der Waals surface area contributed by atoms with E-state index in [-0.39, 0.29) is 12.2 Å². The van der Waals surface area contributed by atoms with Crippen LogP contribution in [0.15, 0.2) is 18.2 Å². The first-order valence-corrected chi connectivity index (χ1v) is 7.54. The van der Waals surface area contributed by atoms with Crippen molar-refractivity contribution in [2.45, 2.75) is 18.6 Å². The van der Waals surface area contributed by atoms with E-state index in [9.17, 15) is 0 Å². The SMILES string of the molecule is CN1CCOC(CNCC2Cc3cc(Cl)ccc3O2)C1. The molecular weight excluding hydrogens is 276 g/mol. The van der Waals surface area contributed by atoms with Crippen molar-refractivity contribution in [3.63, 3.8) is 0 Å². The molecule has 0 bridgehead atoms. The lowest BCUT2D eigenvalue weighted by Crippen LogP contribution is -2.46. The molecule has 1 aromatic rings. The Hall–Kier alpha value is -0.810. The number of likely N-dealkylation sites (N-methyl/N-ethyl adjacent to an activating group) is 1. The number of hydrogen-bond donors (Lipinski definition) is 1. The molecule has 2 unspecified atom stereocenters. The summed E-state index contributed by atoms with van der Waals surface area (Å²) in [5, 5.41) is 4.23. The number of rotatable bonds is 4. The minimum atomic E-state index is 0.199. The number of hydrogen-bond acceptors (Lipinski definition) is 4. The van der Waals surface area contributed by atoms with Crippen LogP contribution in [0.2, 0.25) is 5.02 Å². The molecule has 20 heavy (non-hydrogen) atoms. The Morgan fingerprint density at radius 2 is 2.20 bits per heavy atom. The Morgan fingerprint density at radius 1 is 1.35 bits per heavy atom. The van der Waals surface area contributed by atoms with Crippen molar-refractivity contribution in [3.8, 4) is 5.75 Å². The molecule has 5 heteroatoms. The van der Waals surface area contributed by atoms with Gasteiger partial charge in [0.2, 0.25) is 0 Å². The molecule has 110 valence electrons. The average molecular weight is 297 g/mol. The van der Waals surface area contributed by atoms with Gasteiger partial charge in [-0.1, -0.05) is 11.6 Å². The summed E-state index contributed by atoms with van der Waals surface area (Å²) in [6.45, 7) is 4.57. The molecule has 1 aromatic carbocycles. The number of benzene rings is 1. The summed E-state index contributed by atoms with van der Waals surface area (Å²) in [6.07, 6.45) is 1.41. The lowest BCUT2D eigenvalue weighted by Gasteiger charge is -2.30. The van der Waals surface area contributed by atoms with Crippen molar-refractivity contribution in [2.75, 3.05) is 39.8 Å². The Bertz CT molecular complexity index is 469. The summed E-state index contributed by atoms with van der Waals surface area (Å²) >= 11 is 6.00. The van der Waals surface area contributed by atoms with Crippen LogP contribution in [-0.2, 0) is 11.2 Å². The predicted molar refractivity (Wildman–Crippen MR) is 79.7 cm³/mol. The van der Waals surface area contributed by atoms with Gasteiger partial charge in [-0.15, -0.1) is 0 Å². The number of halogens is 1. The monoisotopic (exact) mass is 296 g/mol. The van der Waals surface area contributed by atoms with E-state index >= 15 is 0 Å². The topological polar surface area (TPSA) is 33.7 Å². The second kappa shape index (κ2) is 6.31. The number of nitrogens with one attached hydrogen (secondary N) is 1. The van der Waals surface area contributed by atoms with Gasteiger partial charge in [0.05, 0.1) is 12.7 Å². The second-order valence-electron chi connectivity index (χ2n) is 5.61. The predicted octanol–water partition coefficient (Wildman–Crippen LogP) is 1.56. The second-order valence-corrected chi connectivity index (χ2v) is 6.05. The molecule has 2 heterocycles. The molecule has 1 saturated heterocycles. The quantitative estimate of drug-likeness (QED) is 0.914. The zero-order chi connectivity index (χ0) is 13.9. The van der Waals surface area contributed by atoms with Gasteiger partial charge < -0.3 is 19.7 Å². The van der Waals surface area contributed by atoms with E-state index in [4.69, 9.17) is 21.1 Å². The van der Waals surface area contributed by atoms with Gasteiger partial charge in [0.1, 0.15) is 11.9 Å². The highest BCUT2D eigenvalue weighted by Crippen LogP contribution is 2.30. The van der Waals surface area contributed by atoms with Gasteiger partial charge in [-0.05, 0) is 30.8 Å². The molecule has 3 rings (SSSR count). The van der Waals surface area contributed by atoms with Gasteiger partial charge >= 0.3 is 0 Å². The minimum absolute atomic E-state index is 0.199. The molecule has 0 aliphatic carbocycles. The maximum atomic E-state index is 6.00. The van der Waals surface area contributed by atoms with Crippen LogP contribution in [0, 0.1) is 0 Å². The third-order valence-corrected chi connectivity index (χ3v) is 4.08. The molecule has 0 amide bonds. The summed E-state index contributed by atoms with van der Waals surface area (Å²) in [4.78, 5) is 2.31. The standard InChI is InChI=1S/C15H21ClN2O2/c1-18-4-5-19-14(10-18)9-17-8-13-7-11-6-12(16)2-3-15(11)20-13/h2-3,6,13-14,17H,4-5,7-10H2,1H3. The van der Waals surface area contributed by atoms with Crippen molar-refractivity contribution in [3.05, 3.63) is 28.8 Å². The zero-order valence-corrected chi connectivity index (χ0v) is 12.5. The van der Waals surface area contributed by atoms with Crippen LogP contribution in [0.1, 0.15) is 5.56 Å². The molecule has 4 nitrogen and oxygen atoms in total. The Morgan fingerprint density at radius 3 is 3.05 bits per heavy atom. The van der Waals surface area contributed by atoms with Crippen LogP contribution in [0.5, 0.6) is 5.75 Å². The summed E-state index contributed by atoms with van der Waals surface area (Å²) in [7, 11) is 2.13. The highest BCUT2D eigenvalue weighted by molar-refractivity contribution is 6.30. The van der Waals surface area contributed by atoms with Gasteiger partial charge in [-0.3, -0.25) is 0 Å². The first-order chi connectivity index (χ1) is 9.70.